The van der Waals surface area contributed by atoms with Gasteiger partial charge in [0.25, 0.3) is 0 Å². The van der Waals surface area contributed by atoms with E-state index in [-0.39, 0.29) is 0 Å². The maximum absolute atomic E-state index is 6.18. The van der Waals surface area contributed by atoms with Crippen LogP contribution in [0, 0.1) is 6.92 Å². The molecule has 0 amide bonds. The second-order valence-corrected chi connectivity index (χ2v) is 6.18. The summed E-state index contributed by atoms with van der Waals surface area (Å²) in [5.41, 5.74) is 2.05. The Morgan fingerprint density at radius 2 is 2.08 bits per heavy atom. The van der Waals surface area contributed by atoms with Gasteiger partial charge in [0, 0.05) is 22.8 Å². The Bertz CT molecular complexity index is 802. The van der Waals surface area contributed by atoms with Gasteiger partial charge in [-0.25, -0.2) is 4.98 Å². The van der Waals surface area contributed by atoms with E-state index in [1.807, 2.05) is 55.5 Å². The number of ether oxygens (including phenoxy) is 1. The second-order valence-electron chi connectivity index (χ2n) is 5.78. The molecule has 0 unspecified atom stereocenters. The predicted octanol–water partition coefficient (Wildman–Crippen LogP) is 4.86. The van der Waals surface area contributed by atoms with Crippen molar-refractivity contribution in [3.05, 3.63) is 71.1 Å². The molecule has 0 radical (unpaired) electrons. The number of furan rings is 1. The topological polar surface area (TPSA) is 47.3 Å². The molecule has 0 aliphatic heterocycles. The van der Waals surface area contributed by atoms with Gasteiger partial charge in [0.05, 0.1) is 13.2 Å². The van der Waals surface area contributed by atoms with Crippen LogP contribution >= 0.6 is 11.6 Å². The summed E-state index contributed by atoms with van der Waals surface area (Å²) in [6.07, 6.45) is 2.63. The maximum Gasteiger partial charge on any atom is 0.213 e. The van der Waals surface area contributed by atoms with E-state index < -0.39 is 0 Å². The van der Waals surface area contributed by atoms with Crippen molar-refractivity contribution in [1.29, 1.82) is 0 Å². The van der Waals surface area contributed by atoms with Gasteiger partial charge in [-0.2, -0.15) is 0 Å². The Labute approximate surface area is 152 Å². The van der Waals surface area contributed by atoms with E-state index in [2.05, 4.69) is 10.3 Å². The van der Waals surface area contributed by atoms with E-state index >= 15 is 0 Å². The average molecular weight is 357 g/mol. The number of hydrogen-bond donors (Lipinski definition) is 1. The molecule has 0 spiro atoms. The molecular formula is C20H21ClN2O2. The summed E-state index contributed by atoms with van der Waals surface area (Å²) in [6, 6.07) is 15.6. The molecule has 0 aliphatic carbocycles. The van der Waals surface area contributed by atoms with Crippen molar-refractivity contribution < 1.29 is 9.15 Å². The molecule has 2 heterocycles. The first-order chi connectivity index (χ1) is 12.2. The first-order valence-corrected chi connectivity index (χ1v) is 8.70. The summed E-state index contributed by atoms with van der Waals surface area (Å²) in [6.45, 7) is 4.15. The predicted molar refractivity (Wildman–Crippen MR) is 99.9 cm³/mol. The van der Waals surface area contributed by atoms with Gasteiger partial charge in [-0.15, -0.1) is 0 Å². The molecule has 0 saturated carbocycles. The molecule has 0 saturated heterocycles. The van der Waals surface area contributed by atoms with Gasteiger partial charge in [-0.1, -0.05) is 29.8 Å². The number of rotatable bonds is 8. The highest BCUT2D eigenvalue weighted by molar-refractivity contribution is 6.31. The Hall–Kier alpha value is -2.30. The third-order valence-electron chi connectivity index (χ3n) is 3.80. The van der Waals surface area contributed by atoms with Crippen LogP contribution in [0.15, 0.2) is 59.1 Å². The Morgan fingerprint density at radius 1 is 1.16 bits per heavy atom. The highest BCUT2D eigenvalue weighted by atomic mass is 35.5. The SMILES string of the molecule is Cc1ccc(-c2ccc(CNCCCOc3ccccn3)o2)cc1Cl. The summed E-state index contributed by atoms with van der Waals surface area (Å²) in [5.74, 6) is 2.39. The average Bonchev–Trinajstić information content (AvgIpc) is 3.10. The minimum absolute atomic E-state index is 0.634. The zero-order valence-electron chi connectivity index (χ0n) is 14.2. The van der Waals surface area contributed by atoms with Crippen LogP contribution < -0.4 is 10.1 Å². The van der Waals surface area contributed by atoms with Crippen LogP contribution in [0.5, 0.6) is 5.88 Å². The first kappa shape index (κ1) is 17.5. The monoisotopic (exact) mass is 356 g/mol. The van der Waals surface area contributed by atoms with Gasteiger partial charge in [0.2, 0.25) is 5.88 Å². The second kappa shape index (κ2) is 8.70. The molecule has 5 heteroatoms. The number of benzene rings is 1. The zero-order valence-corrected chi connectivity index (χ0v) is 14.9. The fourth-order valence-corrected chi connectivity index (χ4v) is 2.57. The number of nitrogens with zero attached hydrogens (tertiary/aromatic N) is 1. The minimum atomic E-state index is 0.634. The lowest BCUT2D eigenvalue weighted by atomic mass is 10.1. The van der Waals surface area contributed by atoms with Crippen molar-refractivity contribution in [2.75, 3.05) is 13.2 Å². The summed E-state index contributed by atoms with van der Waals surface area (Å²) in [7, 11) is 0. The molecule has 4 nitrogen and oxygen atoms in total. The van der Waals surface area contributed by atoms with Crippen molar-refractivity contribution in [3.63, 3.8) is 0 Å². The Kier molecular flexibility index (Phi) is 6.09. The van der Waals surface area contributed by atoms with E-state index in [4.69, 9.17) is 20.8 Å². The molecule has 1 aromatic carbocycles. The molecular weight excluding hydrogens is 336 g/mol. The molecule has 3 aromatic rings. The fraction of sp³-hybridized carbons (Fsp3) is 0.250. The molecule has 25 heavy (non-hydrogen) atoms. The van der Waals surface area contributed by atoms with E-state index in [1.165, 1.54) is 0 Å². The Balaban J connectivity index is 1.40. The van der Waals surface area contributed by atoms with Gasteiger partial charge >= 0.3 is 0 Å². The van der Waals surface area contributed by atoms with Gasteiger partial charge in [0.1, 0.15) is 11.5 Å². The number of aromatic nitrogens is 1. The van der Waals surface area contributed by atoms with Crippen LogP contribution in [-0.2, 0) is 6.54 Å². The van der Waals surface area contributed by atoms with Crippen molar-refractivity contribution in [2.24, 2.45) is 0 Å². The molecule has 0 atom stereocenters. The van der Waals surface area contributed by atoms with E-state index in [0.717, 1.165) is 40.6 Å². The minimum Gasteiger partial charge on any atom is -0.478 e. The molecule has 1 N–H and O–H groups in total. The van der Waals surface area contributed by atoms with Crippen LogP contribution in [0.2, 0.25) is 5.02 Å². The number of aryl methyl sites for hydroxylation is 1. The van der Waals surface area contributed by atoms with Gasteiger partial charge in [-0.3, -0.25) is 0 Å². The first-order valence-electron chi connectivity index (χ1n) is 8.32. The molecule has 3 rings (SSSR count). The van der Waals surface area contributed by atoms with Crippen molar-refractivity contribution in [2.45, 2.75) is 19.9 Å². The lowest BCUT2D eigenvalue weighted by Gasteiger charge is -2.05. The van der Waals surface area contributed by atoms with E-state index in [0.29, 0.717) is 19.0 Å². The maximum atomic E-state index is 6.18. The standard InChI is InChI=1S/C20H21ClN2O2/c1-15-6-7-16(13-18(15)21)19-9-8-17(25-19)14-22-10-4-12-24-20-5-2-3-11-23-20/h2-3,5-9,11,13,22H,4,10,12,14H2,1H3. The number of hydrogen-bond acceptors (Lipinski definition) is 4. The lowest BCUT2D eigenvalue weighted by Crippen LogP contribution is -2.16. The van der Waals surface area contributed by atoms with Crippen LogP contribution in [0.1, 0.15) is 17.7 Å². The van der Waals surface area contributed by atoms with E-state index in [9.17, 15) is 0 Å². The van der Waals surface area contributed by atoms with Crippen LogP contribution in [0.4, 0.5) is 0 Å². The van der Waals surface area contributed by atoms with Crippen LogP contribution in [0.25, 0.3) is 11.3 Å². The molecule has 0 aliphatic rings. The molecule has 0 bridgehead atoms. The highest BCUT2D eigenvalue weighted by Gasteiger charge is 2.06. The van der Waals surface area contributed by atoms with Gasteiger partial charge in [0.15, 0.2) is 0 Å². The largest absolute Gasteiger partial charge is 0.478 e. The summed E-state index contributed by atoms with van der Waals surface area (Å²) in [5, 5.41) is 4.10. The van der Waals surface area contributed by atoms with Crippen molar-refractivity contribution in [3.8, 4) is 17.2 Å². The normalized spacial score (nSPS) is 10.8. The zero-order chi connectivity index (χ0) is 17.5. The number of pyridine rings is 1. The van der Waals surface area contributed by atoms with Crippen LogP contribution in [-0.4, -0.2) is 18.1 Å². The summed E-state index contributed by atoms with van der Waals surface area (Å²) in [4.78, 5) is 4.12. The van der Waals surface area contributed by atoms with Gasteiger partial charge < -0.3 is 14.5 Å². The van der Waals surface area contributed by atoms with Crippen molar-refractivity contribution >= 4 is 11.6 Å². The van der Waals surface area contributed by atoms with Gasteiger partial charge in [-0.05, 0) is 49.7 Å². The lowest BCUT2D eigenvalue weighted by molar-refractivity contribution is 0.296. The third kappa shape index (κ3) is 5.08. The summed E-state index contributed by atoms with van der Waals surface area (Å²) < 4.78 is 11.4. The van der Waals surface area contributed by atoms with Crippen LogP contribution in [0.3, 0.4) is 0 Å². The quantitative estimate of drug-likeness (QED) is 0.585. The highest BCUT2D eigenvalue weighted by Crippen LogP contribution is 2.26. The number of halogens is 1. The van der Waals surface area contributed by atoms with E-state index in [1.54, 1.807) is 6.20 Å². The smallest absolute Gasteiger partial charge is 0.213 e. The molecule has 2 aromatic heterocycles. The fourth-order valence-electron chi connectivity index (χ4n) is 2.39. The molecule has 130 valence electrons. The summed E-state index contributed by atoms with van der Waals surface area (Å²) >= 11 is 6.18. The third-order valence-corrected chi connectivity index (χ3v) is 4.21. The molecule has 0 fully saturated rings. The Morgan fingerprint density at radius 3 is 2.88 bits per heavy atom. The number of nitrogens with one attached hydrogen (secondary N) is 1. The van der Waals surface area contributed by atoms with Crippen molar-refractivity contribution in [1.82, 2.24) is 10.3 Å².